The monoisotopic (exact) mass is 1100 g/mol. The second kappa shape index (κ2) is 28.9. The molecule has 0 bridgehead atoms. The molecule has 7 aromatic carbocycles. The summed E-state index contributed by atoms with van der Waals surface area (Å²) in [4.78, 5) is 72.5. The first kappa shape index (κ1) is 61.4. The molecule has 11 heteroatoms. The third-order valence-electron chi connectivity index (χ3n) is 15.2. The summed E-state index contributed by atoms with van der Waals surface area (Å²) in [7, 11) is 3.61. The minimum Gasteiger partial charge on any atom is -0.460 e. The smallest absolute Gasteiger partial charge is 0.407 e. The number of ether oxygens (including phenoxy) is 2. The second-order valence-electron chi connectivity index (χ2n) is 24.0. The first-order valence-electron chi connectivity index (χ1n) is 29.7. The molecule has 0 aliphatic carbocycles. The van der Waals surface area contributed by atoms with Crippen molar-refractivity contribution in [1.82, 2.24) is 20.4 Å². The van der Waals surface area contributed by atoms with E-state index in [9.17, 15) is 24.0 Å². The van der Waals surface area contributed by atoms with E-state index in [1.165, 1.54) is 57.8 Å². The molecule has 0 aliphatic rings. The number of hydrogen-bond donors (Lipinski definition) is 2. The summed E-state index contributed by atoms with van der Waals surface area (Å²) >= 11 is 0. The molecule has 0 aliphatic heterocycles. The summed E-state index contributed by atoms with van der Waals surface area (Å²) in [6.45, 7) is 14.8. The Hall–Kier alpha value is -7.27. The Bertz CT molecular complexity index is 3200. The number of hydrogen-bond acceptors (Lipinski definition) is 7. The van der Waals surface area contributed by atoms with Crippen LogP contribution in [0, 0.1) is 0 Å². The first-order chi connectivity index (χ1) is 38.8. The normalized spacial score (nSPS) is 11.8. The van der Waals surface area contributed by atoms with Gasteiger partial charge in [-0.25, -0.2) is 4.79 Å². The molecule has 0 atom stereocenters. The van der Waals surface area contributed by atoms with Crippen LogP contribution in [0.15, 0.2) is 115 Å². The van der Waals surface area contributed by atoms with E-state index in [2.05, 4.69) is 54.0 Å². The summed E-state index contributed by atoms with van der Waals surface area (Å²) in [5.74, 6) is -0.760. The van der Waals surface area contributed by atoms with Gasteiger partial charge >= 0.3 is 12.1 Å². The van der Waals surface area contributed by atoms with Gasteiger partial charge in [-0.1, -0.05) is 181 Å². The van der Waals surface area contributed by atoms with Crippen LogP contribution in [0.25, 0.3) is 43.1 Å². The number of nitrogens with one attached hydrogen (secondary N) is 2. The maximum Gasteiger partial charge on any atom is 0.407 e. The number of benzene rings is 7. The fourth-order valence-electron chi connectivity index (χ4n) is 11.1. The molecule has 2 N–H and O–H groups in total. The molecule has 7 aromatic rings. The third-order valence-corrected chi connectivity index (χ3v) is 15.2. The number of rotatable bonds is 27. The zero-order chi connectivity index (χ0) is 58.1. The Labute approximate surface area is 481 Å². The van der Waals surface area contributed by atoms with E-state index in [0.717, 1.165) is 84.6 Å². The number of likely N-dealkylation sites (N-methyl/N-ethyl adjacent to an activating group) is 2. The molecule has 0 saturated carbocycles. The summed E-state index contributed by atoms with van der Waals surface area (Å²) in [6.07, 6.45) is 15.0. The van der Waals surface area contributed by atoms with Crippen molar-refractivity contribution >= 4 is 72.9 Å². The number of carbonyl (C=O) groups is 5. The number of nitrogens with zero attached hydrogens (tertiary/aromatic N) is 2. The van der Waals surface area contributed by atoms with Crippen LogP contribution in [0.4, 0.5) is 4.79 Å². The quantitative estimate of drug-likeness (QED) is 0.0297. The SMILES string of the molecule is CCCCCCCCCCCCCCNC(=O)c1ccc(CC(=O)N(C)Cc2c3ccccc3c(CNC(=O)OC(C)(C)C)c3ccccc23)c(CC(=O)N(C)Cc2c3ccccc3c(CCC(=O)OC(C)(C)C)c3ccccc23)c1. The van der Waals surface area contributed by atoms with E-state index >= 15 is 0 Å². The van der Waals surface area contributed by atoms with Crippen LogP contribution in [0.3, 0.4) is 0 Å². The maximum atomic E-state index is 14.7. The molecule has 0 unspecified atom stereocenters. The molecule has 0 spiro atoms. The van der Waals surface area contributed by atoms with Crippen molar-refractivity contribution in [2.45, 2.75) is 182 Å². The van der Waals surface area contributed by atoms with Crippen LogP contribution in [0.2, 0.25) is 0 Å². The lowest BCUT2D eigenvalue weighted by Crippen LogP contribution is -2.32. The average Bonchev–Trinajstić information content (AvgIpc) is 3.54. The lowest BCUT2D eigenvalue weighted by molar-refractivity contribution is -0.154. The van der Waals surface area contributed by atoms with Crippen LogP contribution in [0.5, 0.6) is 0 Å². The molecular formula is C70H88N4O7. The van der Waals surface area contributed by atoms with Crippen molar-refractivity contribution in [3.63, 3.8) is 0 Å². The highest BCUT2D eigenvalue weighted by molar-refractivity contribution is 6.07. The lowest BCUT2D eigenvalue weighted by Gasteiger charge is -2.24. The van der Waals surface area contributed by atoms with E-state index < -0.39 is 17.3 Å². The van der Waals surface area contributed by atoms with Crippen molar-refractivity contribution in [2.75, 3.05) is 20.6 Å². The van der Waals surface area contributed by atoms with Crippen molar-refractivity contribution in [3.8, 4) is 0 Å². The van der Waals surface area contributed by atoms with Gasteiger partial charge in [0.1, 0.15) is 11.2 Å². The van der Waals surface area contributed by atoms with Gasteiger partial charge in [-0.2, -0.15) is 0 Å². The van der Waals surface area contributed by atoms with Crippen LogP contribution >= 0.6 is 0 Å². The van der Waals surface area contributed by atoms with Gasteiger partial charge in [-0.15, -0.1) is 0 Å². The van der Waals surface area contributed by atoms with Gasteiger partial charge in [0.25, 0.3) is 5.91 Å². The second-order valence-corrected chi connectivity index (χ2v) is 24.0. The number of unbranched alkanes of at least 4 members (excludes halogenated alkanes) is 11. The number of alkyl carbamates (subject to hydrolysis) is 1. The first-order valence-corrected chi connectivity index (χ1v) is 29.7. The summed E-state index contributed by atoms with van der Waals surface area (Å²) in [6, 6.07) is 37.9. The van der Waals surface area contributed by atoms with Gasteiger partial charge in [0, 0.05) is 52.3 Å². The molecule has 81 heavy (non-hydrogen) atoms. The predicted octanol–water partition coefficient (Wildman–Crippen LogP) is 15.4. The summed E-state index contributed by atoms with van der Waals surface area (Å²) in [5, 5.41) is 14.0. The topological polar surface area (TPSA) is 134 Å². The molecule has 430 valence electrons. The van der Waals surface area contributed by atoms with Gasteiger partial charge in [-0.05, 0) is 143 Å². The molecule has 11 nitrogen and oxygen atoms in total. The molecule has 0 saturated heterocycles. The Kier molecular flexibility index (Phi) is 21.9. The Balaban J connectivity index is 1.11. The highest BCUT2D eigenvalue weighted by Crippen LogP contribution is 2.36. The summed E-state index contributed by atoms with van der Waals surface area (Å²) < 4.78 is 11.3. The largest absolute Gasteiger partial charge is 0.460 e. The van der Waals surface area contributed by atoms with Gasteiger partial charge in [0.2, 0.25) is 11.8 Å². The predicted molar refractivity (Wildman–Crippen MR) is 330 cm³/mol. The van der Waals surface area contributed by atoms with Crippen molar-refractivity contribution in [2.24, 2.45) is 0 Å². The lowest BCUT2D eigenvalue weighted by atomic mass is 9.89. The summed E-state index contributed by atoms with van der Waals surface area (Å²) in [5.41, 5.74) is 4.50. The highest BCUT2D eigenvalue weighted by Gasteiger charge is 2.24. The average molecular weight is 1100 g/mol. The fraction of sp³-hybridized carbons (Fsp3) is 0.443. The Morgan fingerprint density at radius 2 is 0.852 bits per heavy atom. The van der Waals surface area contributed by atoms with Gasteiger partial charge in [0.05, 0.1) is 12.8 Å². The Morgan fingerprint density at radius 1 is 0.457 bits per heavy atom. The van der Waals surface area contributed by atoms with E-state index in [0.29, 0.717) is 42.7 Å². The molecular weight excluding hydrogens is 1010 g/mol. The highest BCUT2D eigenvalue weighted by atomic mass is 16.6. The molecule has 0 heterocycles. The van der Waals surface area contributed by atoms with Gasteiger partial charge in [0.15, 0.2) is 0 Å². The fourth-order valence-corrected chi connectivity index (χ4v) is 11.1. The van der Waals surface area contributed by atoms with Crippen LogP contribution in [0.1, 0.15) is 176 Å². The zero-order valence-corrected chi connectivity index (χ0v) is 49.9. The van der Waals surface area contributed by atoms with E-state index in [1.54, 1.807) is 36.0 Å². The number of carbonyl (C=O) groups excluding carboxylic acids is 5. The number of fused-ring (bicyclic) bond motifs is 4. The molecule has 0 fully saturated rings. The molecule has 0 aromatic heterocycles. The van der Waals surface area contributed by atoms with Crippen LogP contribution < -0.4 is 10.6 Å². The Morgan fingerprint density at radius 3 is 1.28 bits per heavy atom. The number of aryl methyl sites for hydroxylation is 1. The van der Waals surface area contributed by atoms with E-state index in [1.807, 2.05) is 108 Å². The third kappa shape index (κ3) is 17.4. The maximum absolute atomic E-state index is 14.7. The van der Waals surface area contributed by atoms with Crippen molar-refractivity contribution in [1.29, 1.82) is 0 Å². The van der Waals surface area contributed by atoms with Crippen LogP contribution in [-0.2, 0) is 62.8 Å². The van der Waals surface area contributed by atoms with Crippen LogP contribution in [-0.4, -0.2) is 71.4 Å². The van der Waals surface area contributed by atoms with Crippen molar-refractivity contribution < 1.29 is 33.4 Å². The van der Waals surface area contributed by atoms with Crippen molar-refractivity contribution in [3.05, 3.63) is 154 Å². The minimum atomic E-state index is -0.642. The standard InChI is InChI=1S/C70H88N4O7/c1-10-11-12-13-14-15-16-17-18-19-20-29-42-71-67(78)50-39-38-49(44-64(75)73(8)48-63-58-36-27-23-32-54(58)61(55-33-24-28-37-59(55)63)46-72-68(79)81-70(5,6)7)51(43-50)45-65(76)74(9)47-62-56-34-25-21-30-52(56)60(53-31-22-26-35-57(53)62)40-41-66(77)80-69(2,3)4/h21-28,30-39,43H,10-20,29,40-42,44-48H2,1-9H3,(H,71,78)(H,72,79). The zero-order valence-electron chi connectivity index (χ0n) is 49.9. The van der Waals surface area contributed by atoms with Gasteiger partial charge < -0.3 is 29.9 Å². The molecule has 0 radical (unpaired) electrons. The van der Waals surface area contributed by atoms with Gasteiger partial charge in [-0.3, -0.25) is 19.2 Å². The van der Waals surface area contributed by atoms with E-state index in [4.69, 9.17) is 9.47 Å². The molecule has 7 rings (SSSR count). The molecule has 4 amide bonds. The van der Waals surface area contributed by atoms with E-state index in [-0.39, 0.29) is 49.5 Å². The number of esters is 1. The minimum absolute atomic E-state index is 0.0113. The number of amides is 4.